The second-order valence-electron chi connectivity index (χ2n) is 3.59. The number of rotatable bonds is 4. The molecular formula is C10H18O2. The molecule has 0 saturated heterocycles. The van der Waals surface area contributed by atoms with Crippen molar-refractivity contribution >= 4 is 0 Å². The van der Waals surface area contributed by atoms with Gasteiger partial charge >= 0.3 is 0 Å². The van der Waals surface area contributed by atoms with Crippen LogP contribution in [0.5, 0.6) is 0 Å². The third-order valence-electron chi connectivity index (χ3n) is 1.78. The number of hydrogen-bond donors (Lipinski definition) is 2. The number of hydrogen-bond acceptors (Lipinski definition) is 2. The van der Waals surface area contributed by atoms with Gasteiger partial charge in [0.15, 0.2) is 0 Å². The SMILES string of the molecule is C=CC(C=C(C)CO)C(C)(C)O. The lowest BCUT2D eigenvalue weighted by Crippen LogP contribution is -2.28. The van der Waals surface area contributed by atoms with E-state index in [0.29, 0.717) is 0 Å². The Bertz CT molecular complexity index is 175. The first-order chi connectivity index (χ1) is 5.41. The van der Waals surface area contributed by atoms with E-state index in [1.165, 1.54) is 0 Å². The van der Waals surface area contributed by atoms with E-state index < -0.39 is 5.60 Å². The molecule has 0 heterocycles. The molecule has 1 atom stereocenters. The second-order valence-corrected chi connectivity index (χ2v) is 3.59. The monoisotopic (exact) mass is 170 g/mol. The van der Waals surface area contributed by atoms with Crippen molar-refractivity contribution in [1.82, 2.24) is 0 Å². The lowest BCUT2D eigenvalue weighted by molar-refractivity contribution is 0.0541. The molecule has 12 heavy (non-hydrogen) atoms. The Morgan fingerprint density at radius 1 is 1.58 bits per heavy atom. The van der Waals surface area contributed by atoms with E-state index in [-0.39, 0.29) is 12.5 Å². The summed E-state index contributed by atoms with van der Waals surface area (Å²) < 4.78 is 0. The van der Waals surface area contributed by atoms with Gasteiger partial charge < -0.3 is 10.2 Å². The lowest BCUT2D eigenvalue weighted by atomic mass is 9.89. The Morgan fingerprint density at radius 2 is 2.08 bits per heavy atom. The maximum Gasteiger partial charge on any atom is 0.0688 e. The molecule has 1 unspecified atom stereocenters. The summed E-state index contributed by atoms with van der Waals surface area (Å²) in [6.45, 7) is 8.92. The highest BCUT2D eigenvalue weighted by atomic mass is 16.3. The fourth-order valence-corrected chi connectivity index (χ4v) is 0.920. The fourth-order valence-electron chi connectivity index (χ4n) is 0.920. The minimum absolute atomic E-state index is 0.0282. The molecule has 0 amide bonds. The highest BCUT2D eigenvalue weighted by Crippen LogP contribution is 2.20. The predicted molar refractivity (Wildman–Crippen MR) is 50.8 cm³/mol. The van der Waals surface area contributed by atoms with Crippen molar-refractivity contribution in [2.75, 3.05) is 6.61 Å². The molecule has 2 N–H and O–H groups in total. The molecule has 0 spiro atoms. The van der Waals surface area contributed by atoms with Crippen LogP contribution in [0.15, 0.2) is 24.3 Å². The number of aliphatic hydroxyl groups excluding tert-OH is 1. The molecule has 0 fully saturated rings. The molecular weight excluding hydrogens is 152 g/mol. The maximum atomic E-state index is 9.62. The lowest BCUT2D eigenvalue weighted by Gasteiger charge is -2.24. The zero-order valence-corrected chi connectivity index (χ0v) is 8.04. The van der Waals surface area contributed by atoms with Crippen LogP contribution < -0.4 is 0 Å². The molecule has 0 rings (SSSR count). The van der Waals surface area contributed by atoms with Crippen LogP contribution in [0.2, 0.25) is 0 Å². The van der Waals surface area contributed by atoms with Crippen LogP contribution >= 0.6 is 0 Å². The summed E-state index contributed by atoms with van der Waals surface area (Å²) in [6.07, 6.45) is 3.51. The van der Waals surface area contributed by atoms with Crippen LogP contribution in [0, 0.1) is 5.92 Å². The molecule has 0 aliphatic carbocycles. The van der Waals surface area contributed by atoms with Crippen LogP contribution in [-0.2, 0) is 0 Å². The highest BCUT2D eigenvalue weighted by molar-refractivity contribution is 5.10. The topological polar surface area (TPSA) is 40.5 Å². The second kappa shape index (κ2) is 4.43. The Morgan fingerprint density at radius 3 is 2.33 bits per heavy atom. The van der Waals surface area contributed by atoms with Gasteiger partial charge in [-0.25, -0.2) is 0 Å². The van der Waals surface area contributed by atoms with E-state index in [0.717, 1.165) is 5.57 Å². The van der Waals surface area contributed by atoms with E-state index in [2.05, 4.69) is 6.58 Å². The van der Waals surface area contributed by atoms with E-state index in [1.54, 1.807) is 19.9 Å². The number of aliphatic hydroxyl groups is 2. The van der Waals surface area contributed by atoms with Gasteiger partial charge in [0, 0.05) is 5.92 Å². The fraction of sp³-hybridized carbons (Fsp3) is 0.600. The molecule has 0 aliphatic rings. The summed E-state index contributed by atoms with van der Waals surface area (Å²) in [6, 6.07) is 0. The minimum atomic E-state index is -0.807. The largest absolute Gasteiger partial charge is 0.392 e. The van der Waals surface area contributed by atoms with Crippen LogP contribution in [0.1, 0.15) is 20.8 Å². The van der Waals surface area contributed by atoms with Gasteiger partial charge in [0.1, 0.15) is 0 Å². The van der Waals surface area contributed by atoms with Gasteiger partial charge in [0.2, 0.25) is 0 Å². The molecule has 0 aromatic heterocycles. The van der Waals surface area contributed by atoms with E-state index in [9.17, 15) is 5.11 Å². The normalized spacial score (nSPS) is 15.9. The molecule has 0 aliphatic heterocycles. The van der Waals surface area contributed by atoms with Crippen molar-refractivity contribution in [3.05, 3.63) is 24.3 Å². The predicted octanol–water partition coefficient (Wildman–Crippen LogP) is 1.50. The average molecular weight is 170 g/mol. The van der Waals surface area contributed by atoms with Crippen molar-refractivity contribution in [3.8, 4) is 0 Å². The molecule has 0 bridgehead atoms. The third-order valence-corrected chi connectivity index (χ3v) is 1.78. The van der Waals surface area contributed by atoms with Crippen molar-refractivity contribution in [2.45, 2.75) is 26.4 Å². The minimum Gasteiger partial charge on any atom is -0.392 e. The van der Waals surface area contributed by atoms with Crippen LogP contribution in [-0.4, -0.2) is 22.4 Å². The Kier molecular flexibility index (Phi) is 4.21. The van der Waals surface area contributed by atoms with Crippen molar-refractivity contribution in [3.63, 3.8) is 0 Å². The van der Waals surface area contributed by atoms with Gasteiger partial charge in [-0.15, -0.1) is 6.58 Å². The highest BCUT2D eigenvalue weighted by Gasteiger charge is 2.21. The average Bonchev–Trinajstić information content (AvgIpc) is 1.97. The summed E-state index contributed by atoms with van der Waals surface area (Å²) in [5.74, 6) is -0.107. The maximum absolute atomic E-state index is 9.62. The van der Waals surface area contributed by atoms with Gasteiger partial charge in [-0.3, -0.25) is 0 Å². The van der Waals surface area contributed by atoms with Crippen LogP contribution in [0.25, 0.3) is 0 Å². The molecule has 0 saturated carbocycles. The first-order valence-corrected chi connectivity index (χ1v) is 4.05. The van der Waals surface area contributed by atoms with Gasteiger partial charge in [0.25, 0.3) is 0 Å². The molecule has 70 valence electrons. The van der Waals surface area contributed by atoms with Crippen LogP contribution in [0.3, 0.4) is 0 Å². The van der Waals surface area contributed by atoms with E-state index in [4.69, 9.17) is 5.11 Å². The molecule has 0 aromatic carbocycles. The Labute approximate surface area is 74.2 Å². The van der Waals surface area contributed by atoms with Crippen molar-refractivity contribution in [2.24, 2.45) is 5.92 Å². The van der Waals surface area contributed by atoms with E-state index >= 15 is 0 Å². The molecule has 2 heteroatoms. The van der Waals surface area contributed by atoms with Gasteiger partial charge in [-0.1, -0.05) is 17.7 Å². The van der Waals surface area contributed by atoms with Crippen molar-refractivity contribution < 1.29 is 10.2 Å². The first-order valence-electron chi connectivity index (χ1n) is 4.05. The zero-order valence-electron chi connectivity index (χ0n) is 8.04. The van der Waals surface area contributed by atoms with Gasteiger partial charge in [-0.05, 0) is 20.8 Å². The first kappa shape index (κ1) is 11.4. The van der Waals surface area contributed by atoms with Gasteiger partial charge in [0.05, 0.1) is 12.2 Å². The third kappa shape index (κ3) is 3.69. The molecule has 0 aromatic rings. The standard InChI is InChI=1S/C10H18O2/c1-5-9(10(3,4)12)6-8(2)7-11/h5-6,9,11-12H,1,7H2,2-4H3. The van der Waals surface area contributed by atoms with Gasteiger partial charge in [-0.2, -0.15) is 0 Å². The summed E-state index contributed by atoms with van der Waals surface area (Å²) in [7, 11) is 0. The summed E-state index contributed by atoms with van der Waals surface area (Å²) in [5.41, 5.74) is 0.0417. The molecule has 2 nitrogen and oxygen atoms in total. The van der Waals surface area contributed by atoms with E-state index in [1.807, 2.05) is 13.0 Å². The Balaban J connectivity index is 4.48. The summed E-state index contributed by atoms with van der Waals surface area (Å²) in [5, 5.41) is 18.4. The van der Waals surface area contributed by atoms with Crippen LogP contribution in [0.4, 0.5) is 0 Å². The Hall–Kier alpha value is -0.600. The smallest absolute Gasteiger partial charge is 0.0688 e. The quantitative estimate of drug-likeness (QED) is 0.628. The summed E-state index contributed by atoms with van der Waals surface area (Å²) in [4.78, 5) is 0. The zero-order chi connectivity index (χ0) is 9.78. The van der Waals surface area contributed by atoms with Crippen molar-refractivity contribution in [1.29, 1.82) is 0 Å². The molecule has 0 radical (unpaired) electrons. The summed E-state index contributed by atoms with van der Waals surface area (Å²) >= 11 is 0.